The number of carbonyl (C=O) groups is 2. The maximum absolute atomic E-state index is 12.8. The smallest absolute Gasteiger partial charge is 0.349 e. The second-order valence-corrected chi connectivity index (χ2v) is 7.73. The third kappa shape index (κ3) is 7.95. The van der Waals surface area contributed by atoms with E-state index < -0.39 is 30.2 Å². The molecule has 0 aromatic carbocycles. The highest BCUT2D eigenvalue weighted by atomic mass is 32.1. The Balaban J connectivity index is 5.81. The van der Waals surface area contributed by atoms with Crippen molar-refractivity contribution in [3.8, 4) is 0 Å². The van der Waals surface area contributed by atoms with Crippen molar-refractivity contribution in [2.75, 3.05) is 25.5 Å². The number of hydrogen-bond donors (Lipinski definition) is 5. The molecule has 0 heterocycles. The number of nitrogens with zero attached hydrogens (tertiary/aromatic N) is 1. The van der Waals surface area contributed by atoms with E-state index in [0.717, 1.165) is 11.5 Å². The van der Waals surface area contributed by atoms with Crippen LogP contribution in [0.3, 0.4) is 0 Å². The molecule has 5 N–H and O–H groups in total. The van der Waals surface area contributed by atoms with Gasteiger partial charge < -0.3 is 15.9 Å². The molecule has 0 spiro atoms. The number of aliphatic carboxylic acids is 1. The molecule has 0 bridgehead atoms. The molecule has 0 fully saturated rings. The first-order valence-corrected chi connectivity index (χ1v) is 10.2. The Morgan fingerprint density at radius 2 is 1.96 bits per heavy atom. The first-order chi connectivity index (χ1) is 12.7. The lowest BCUT2D eigenvalue weighted by Crippen LogP contribution is -2.74. The Morgan fingerprint density at radius 1 is 1.33 bits per heavy atom. The zero-order valence-electron chi connectivity index (χ0n) is 17.0. The number of hydroxylamine groups is 2. The van der Waals surface area contributed by atoms with Gasteiger partial charge in [-0.15, -0.1) is 0 Å². The van der Waals surface area contributed by atoms with Crippen molar-refractivity contribution in [2.24, 2.45) is 17.6 Å². The van der Waals surface area contributed by atoms with Gasteiger partial charge >= 0.3 is 5.97 Å². The zero-order valence-corrected chi connectivity index (χ0v) is 17.9. The summed E-state index contributed by atoms with van der Waals surface area (Å²) in [6, 6.07) is -1.27. The summed E-state index contributed by atoms with van der Waals surface area (Å²) in [5.74, 6) is -0.948. The molecule has 0 saturated carbocycles. The minimum absolute atomic E-state index is 0.00690. The first-order valence-electron chi connectivity index (χ1n) is 9.58. The molecule has 0 aliphatic heterocycles. The van der Waals surface area contributed by atoms with Crippen LogP contribution < -0.4 is 11.1 Å². The zero-order chi connectivity index (χ0) is 21.0. The molecule has 0 aliphatic rings. The molecule has 27 heavy (non-hydrogen) atoms. The second kappa shape index (κ2) is 13.3. The minimum Gasteiger partial charge on any atom is -0.478 e. The van der Waals surface area contributed by atoms with Gasteiger partial charge in [0, 0.05) is 6.42 Å². The fourth-order valence-electron chi connectivity index (χ4n) is 2.52. The van der Waals surface area contributed by atoms with E-state index in [4.69, 9.17) is 10.6 Å². The van der Waals surface area contributed by atoms with Crippen LogP contribution in [-0.2, 0) is 14.4 Å². The van der Waals surface area contributed by atoms with Crippen LogP contribution in [-0.4, -0.2) is 64.4 Å². The van der Waals surface area contributed by atoms with Crippen molar-refractivity contribution in [1.29, 1.82) is 0 Å². The summed E-state index contributed by atoms with van der Waals surface area (Å²) in [5.41, 5.74) is 3.92. The molecule has 9 heteroatoms. The number of carboxylic acid groups (broad SMARTS) is 1. The van der Waals surface area contributed by atoms with Gasteiger partial charge in [-0.25, -0.2) is 4.79 Å². The van der Waals surface area contributed by atoms with Gasteiger partial charge in [-0.1, -0.05) is 34.1 Å². The molecular formula is C18H37N3O5S. The van der Waals surface area contributed by atoms with Crippen molar-refractivity contribution in [3.05, 3.63) is 0 Å². The number of hydrogen-bond acceptors (Lipinski definition) is 7. The number of nitrogens with one attached hydrogen (secondary N) is 1. The van der Waals surface area contributed by atoms with Gasteiger partial charge in [0.05, 0.1) is 19.3 Å². The van der Waals surface area contributed by atoms with Gasteiger partial charge in [-0.05, 0) is 37.0 Å². The molecule has 0 rings (SSSR count). The van der Waals surface area contributed by atoms with Crippen molar-refractivity contribution < 1.29 is 24.6 Å². The van der Waals surface area contributed by atoms with Crippen LogP contribution in [0.5, 0.6) is 0 Å². The third-order valence-electron chi connectivity index (χ3n) is 4.45. The number of amides is 1. The lowest BCUT2D eigenvalue weighted by atomic mass is 9.99. The summed E-state index contributed by atoms with van der Waals surface area (Å²) in [4.78, 5) is 30.8. The molecule has 0 aromatic rings. The van der Waals surface area contributed by atoms with E-state index in [0.29, 0.717) is 24.5 Å². The molecule has 8 nitrogen and oxygen atoms in total. The molecule has 1 amide bonds. The molecule has 0 aromatic heterocycles. The van der Waals surface area contributed by atoms with Gasteiger partial charge in [0.25, 0.3) is 0 Å². The lowest BCUT2D eigenvalue weighted by Gasteiger charge is -2.43. The summed E-state index contributed by atoms with van der Waals surface area (Å²) in [6.07, 6.45) is 2.28. The fraction of sp³-hybridized carbons (Fsp3) is 0.889. The Hall–Kier alpha value is -0.870. The second-order valence-electron chi connectivity index (χ2n) is 7.29. The van der Waals surface area contributed by atoms with Gasteiger partial charge in [-0.2, -0.15) is 17.7 Å². The molecule has 0 radical (unpaired) electrons. The highest BCUT2D eigenvalue weighted by molar-refractivity contribution is 7.80. The van der Waals surface area contributed by atoms with E-state index in [-0.39, 0.29) is 25.5 Å². The molecule has 3 atom stereocenters. The molecule has 0 aliphatic carbocycles. The van der Waals surface area contributed by atoms with Gasteiger partial charge in [0.1, 0.15) is 0 Å². The average Bonchev–Trinajstić information content (AvgIpc) is 2.61. The lowest BCUT2D eigenvalue weighted by molar-refractivity contribution is -0.241. The normalized spacial score (nSPS) is 16.0. The van der Waals surface area contributed by atoms with Crippen LogP contribution in [0.2, 0.25) is 0 Å². The van der Waals surface area contributed by atoms with E-state index in [9.17, 15) is 19.8 Å². The predicted molar refractivity (Wildman–Crippen MR) is 108 cm³/mol. The SMILES string of the molecule is CCC(C)CCON(C(=O)CC(C)C)[C@](NCCCS)(C(=O)O)[C@H](N)CO. The Labute approximate surface area is 168 Å². The van der Waals surface area contributed by atoms with E-state index in [1.807, 2.05) is 13.8 Å². The van der Waals surface area contributed by atoms with Crippen molar-refractivity contribution in [3.63, 3.8) is 0 Å². The summed E-state index contributed by atoms with van der Waals surface area (Å²) >= 11 is 4.12. The fourth-order valence-corrected chi connectivity index (χ4v) is 2.67. The topological polar surface area (TPSA) is 125 Å². The molecule has 1 unspecified atom stereocenters. The Morgan fingerprint density at radius 3 is 2.41 bits per heavy atom. The summed E-state index contributed by atoms with van der Waals surface area (Å²) in [6.45, 7) is 7.63. The van der Waals surface area contributed by atoms with Crippen molar-refractivity contribution in [1.82, 2.24) is 10.4 Å². The summed E-state index contributed by atoms with van der Waals surface area (Å²) in [7, 11) is 0. The number of carbonyl (C=O) groups excluding carboxylic acids is 1. The van der Waals surface area contributed by atoms with Gasteiger partial charge in [-0.3, -0.25) is 14.9 Å². The van der Waals surface area contributed by atoms with E-state index >= 15 is 0 Å². The van der Waals surface area contributed by atoms with Crippen LogP contribution in [0.15, 0.2) is 0 Å². The number of nitrogens with two attached hydrogens (primary N) is 1. The monoisotopic (exact) mass is 407 g/mol. The maximum atomic E-state index is 12.8. The molecular weight excluding hydrogens is 370 g/mol. The highest BCUT2D eigenvalue weighted by Crippen LogP contribution is 2.22. The maximum Gasteiger partial charge on any atom is 0.349 e. The number of aliphatic hydroxyl groups excluding tert-OH is 1. The van der Waals surface area contributed by atoms with E-state index in [1.165, 1.54) is 0 Å². The summed E-state index contributed by atoms with van der Waals surface area (Å²) < 4.78 is 0. The first kappa shape index (κ1) is 26.1. The average molecular weight is 408 g/mol. The highest BCUT2D eigenvalue weighted by Gasteiger charge is 2.52. The number of rotatable bonds is 15. The van der Waals surface area contributed by atoms with E-state index in [1.54, 1.807) is 0 Å². The van der Waals surface area contributed by atoms with Gasteiger partial charge in [0.15, 0.2) is 0 Å². The number of thiol groups is 1. The van der Waals surface area contributed by atoms with Crippen LogP contribution in [0.4, 0.5) is 0 Å². The largest absolute Gasteiger partial charge is 0.478 e. The Kier molecular flexibility index (Phi) is 12.9. The van der Waals surface area contributed by atoms with Crippen LogP contribution >= 0.6 is 12.6 Å². The number of carboxylic acids is 1. The van der Waals surface area contributed by atoms with E-state index in [2.05, 4.69) is 31.8 Å². The van der Waals surface area contributed by atoms with Crippen molar-refractivity contribution >= 4 is 24.5 Å². The van der Waals surface area contributed by atoms with Crippen LogP contribution in [0.25, 0.3) is 0 Å². The van der Waals surface area contributed by atoms with Crippen LogP contribution in [0, 0.1) is 11.8 Å². The standard InChI is InChI=1S/C18H37N3O5S/c1-5-14(4)7-9-26-21(16(23)11-13(2)3)18(17(24)25,15(19)12-22)20-8-6-10-27/h13-15,20,22,27H,5-12,19H2,1-4H3,(H,24,25)/t14?,15-,18+/m1/s1. The summed E-state index contributed by atoms with van der Waals surface area (Å²) in [5, 5.41) is 23.3. The Bertz CT molecular complexity index is 453. The number of aliphatic hydroxyl groups is 1. The van der Waals surface area contributed by atoms with Gasteiger partial charge in [0.2, 0.25) is 11.6 Å². The molecule has 0 saturated heterocycles. The van der Waals surface area contributed by atoms with Crippen molar-refractivity contribution in [2.45, 2.75) is 65.1 Å². The molecule has 160 valence electrons. The third-order valence-corrected chi connectivity index (χ3v) is 4.76. The quantitative estimate of drug-likeness (QED) is 0.120. The minimum atomic E-state index is -2.06. The predicted octanol–water partition coefficient (Wildman–Crippen LogP) is 1.24. The van der Waals surface area contributed by atoms with Crippen LogP contribution in [0.1, 0.15) is 53.4 Å².